The fraction of sp³-hybridized carbons (Fsp3) is 0.778. The number of halogens is 2. The third kappa shape index (κ3) is 4.71. The quantitative estimate of drug-likeness (QED) is 0.575. The standard InChI is InChI=1S/C9H14Cl2N2O2/c1-9(10,11)8(14)15-13-7-5-3-2-4-6-12-7/h2-6H2,1H3,(H,12,13). The normalized spacial score (nSPS) is 17.7. The van der Waals surface area contributed by atoms with Gasteiger partial charge in [-0.25, -0.2) is 10.3 Å². The van der Waals surface area contributed by atoms with Gasteiger partial charge in [0.1, 0.15) is 5.84 Å². The maximum atomic E-state index is 11.2. The zero-order valence-corrected chi connectivity index (χ0v) is 10.1. The lowest BCUT2D eigenvalue weighted by atomic mass is 10.2. The summed E-state index contributed by atoms with van der Waals surface area (Å²) in [6, 6.07) is 0. The number of aliphatic imine (C=N–C) groups is 1. The van der Waals surface area contributed by atoms with Crippen LogP contribution in [0.1, 0.15) is 32.6 Å². The molecular weight excluding hydrogens is 239 g/mol. The van der Waals surface area contributed by atoms with Crippen LogP contribution >= 0.6 is 23.2 Å². The third-order valence-corrected chi connectivity index (χ3v) is 2.30. The van der Waals surface area contributed by atoms with Crippen molar-refractivity contribution in [3.05, 3.63) is 0 Å². The zero-order valence-electron chi connectivity index (χ0n) is 8.56. The van der Waals surface area contributed by atoms with Crippen LogP contribution in [0, 0.1) is 0 Å². The number of hydrogen-bond donors (Lipinski definition) is 1. The van der Waals surface area contributed by atoms with Crippen LogP contribution in [-0.4, -0.2) is 22.7 Å². The van der Waals surface area contributed by atoms with E-state index >= 15 is 0 Å². The number of hydroxylamine groups is 1. The van der Waals surface area contributed by atoms with Gasteiger partial charge in [-0.2, -0.15) is 0 Å². The number of amidine groups is 1. The Morgan fingerprint density at radius 3 is 2.87 bits per heavy atom. The summed E-state index contributed by atoms with van der Waals surface area (Å²) in [5.41, 5.74) is 2.50. The van der Waals surface area contributed by atoms with Gasteiger partial charge in [-0.05, 0) is 19.8 Å². The highest BCUT2D eigenvalue weighted by Crippen LogP contribution is 2.20. The number of carbonyl (C=O) groups is 1. The lowest BCUT2D eigenvalue weighted by Gasteiger charge is -2.13. The molecule has 0 unspecified atom stereocenters. The van der Waals surface area contributed by atoms with Gasteiger partial charge >= 0.3 is 5.97 Å². The first-order valence-corrected chi connectivity index (χ1v) is 5.64. The third-order valence-electron chi connectivity index (χ3n) is 1.99. The van der Waals surface area contributed by atoms with Gasteiger partial charge in [-0.15, -0.1) is 0 Å². The van der Waals surface area contributed by atoms with E-state index in [1.54, 1.807) is 0 Å². The van der Waals surface area contributed by atoms with Crippen molar-refractivity contribution in [2.75, 3.05) is 6.54 Å². The minimum absolute atomic E-state index is 0.679. The van der Waals surface area contributed by atoms with Gasteiger partial charge in [0.2, 0.25) is 4.33 Å². The molecule has 4 nitrogen and oxygen atoms in total. The van der Waals surface area contributed by atoms with Crippen molar-refractivity contribution < 1.29 is 9.63 Å². The molecule has 0 bridgehead atoms. The molecule has 1 rings (SSSR count). The summed E-state index contributed by atoms with van der Waals surface area (Å²) in [5.74, 6) is -0.0452. The molecule has 0 radical (unpaired) electrons. The Kier molecular flexibility index (Phi) is 4.67. The number of alkyl halides is 2. The maximum Gasteiger partial charge on any atom is 0.367 e. The van der Waals surface area contributed by atoms with Crippen molar-refractivity contribution in [1.29, 1.82) is 0 Å². The molecule has 0 spiro atoms. The molecule has 0 aliphatic carbocycles. The van der Waals surface area contributed by atoms with E-state index in [-0.39, 0.29) is 0 Å². The summed E-state index contributed by atoms with van der Waals surface area (Å²) >= 11 is 11.1. The first-order valence-electron chi connectivity index (χ1n) is 4.88. The topological polar surface area (TPSA) is 50.7 Å². The molecule has 0 aromatic rings. The molecule has 0 atom stereocenters. The number of hydrogen-bond acceptors (Lipinski definition) is 4. The molecule has 0 fully saturated rings. The monoisotopic (exact) mass is 252 g/mol. The highest BCUT2D eigenvalue weighted by atomic mass is 35.5. The Balaban J connectivity index is 2.36. The summed E-state index contributed by atoms with van der Waals surface area (Å²) < 4.78 is -1.53. The highest BCUT2D eigenvalue weighted by Gasteiger charge is 2.30. The van der Waals surface area contributed by atoms with Gasteiger partial charge in [0.15, 0.2) is 0 Å². The highest BCUT2D eigenvalue weighted by molar-refractivity contribution is 6.57. The van der Waals surface area contributed by atoms with Crippen LogP contribution in [0.2, 0.25) is 0 Å². The van der Waals surface area contributed by atoms with Gasteiger partial charge in [-0.1, -0.05) is 29.6 Å². The van der Waals surface area contributed by atoms with E-state index in [1.165, 1.54) is 6.92 Å². The Morgan fingerprint density at radius 2 is 2.20 bits per heavy atom. The van der Waals surface area contributed by atoms with Crippen LogP contribution in [0.15, 0.2) is 4.99 Å². The van der Waals surface area contributed by atoms with Gasteiger partial charge < -0.3 is 4.84 Å². The Labute approximate surface area is 98.9 Å². The minimum atomic E-state index is -1.53. The summed E-state index contributed by atoms with van der Waals surface area (Å²) in [6.07, 6.45) is 4.05. The lowest BCUT2D eigenvalue weighted by molar-refractivity contribution is -0.148. The molecule has 86 valence electrons. The Morgan fingerprint density at radius 1 is 1.47 bits per heavy atom. The van der Waals surface area contributed by atoms with Gasteiger partial charge in [0.05, 0.1) is 0 Å². The second kappa shape index (κ2) is 5.56. The smallest absolute Gasteiger partial charge is 0.339 e. The van der Waals surface area contributed by atoms with E-state index in [1.807, 2.05) is 0 Å². The number of nitrogens with one attached hydrogen (secondary N) is 1. The first-order chi connectivity index (χ1) is 7.00. The van der Waals surface area contributed by atoms with E-state index < -0.39 is 10.3 Å². The molecule has 0 aromatic heterocycles. The minimum Gasteiger partial charge on any atom is -0.339 e. The molecule has 0 amide bonds. The van der Waals surface area contributed by atoms with Crippen LogP contribution in [0.3, 0.4) is 0 Å². The molecule has 0 aromatic carbocycles. The molecule has 0 saturated carbocycles. The van der Waals surface area contributed by atoms with Gasteiger partial charge in [0.25, 0.3) is 0 Å². The Hall–Kier alpha value is -0.480. The van der Waals surface area contributed by atoms with Gasteiger partial charge in [0, 0.05) is 13.0 Å². The van der Waals surface area contributed by atoms with Crippen LogP contribution < -0.4 is 5.48 Å². The van der Waals surface area contributed by atoms with E-state index in [2.05, 4.69) is 10.5 Å². The summed E-state index contributed by atoms with van der Waals surface area (Å²) in [5, 5.41) is 0. The molecular formula is C9H14Cl2N2O2. The average Bonchev–Trinajstić information content (AvgIpc) is 2.40. The Bertz CT molecular complexity index is 261. The number of nitrogens with zero attached hydrogens (tertiary/aromatic N) is 1. The van der Waals surface area contributed by atoms with E-state index in [0.717, 1.165) is 32.2 Å². The zero-order chi connectivity index (χ0) is 11.3. The fourth-order valence-corrected chi connectivity index (χ4v) is 1.23. The largest absolute Gasteiger partial charge is 0.367 e. The molecule has 1 N–H and O–H groups in total. The fourth-order valence-electron chi connectivity index (χ4n) is 1.15. The molecule has 15 heavy (non-hydrogen) atoms. The summed E-state index contributed by atoms with van der Waals surface area (Å²) in [4.78, 5) is 20.1. The predicted octanol–water partition coefficient (Wildman–Crippen LogP) is 2.20. The van der Waals surface area contributed by atoms with E-state index in [9.17, 15) is 4.79 Å². The lowest BCUT2D eigenvalue weighted by Crippen LogP contribution is -2.34. The van der Waals surface area contributed by atoms with Crippen molar-refractivity contribution in [3.63, 3.8) is 0 Å². The van der Waals surface area contributed by atoms with Crippen molar-refractivity contribution in [2.24, 2.45) is 4.99 Å². The van der Waals surface area contributed by atoms with Crippen LogP contribution in [-0.2, 0) is 9.63 Å². The van der Waals surface area contributed by atoms with Crippen LogP contribution in [0.4, 0.5) is 0 Å². The van der Waals surface area contributed by atoms with Gasteiger partial charge in [-0.3, -0.25) is 4.99 Å². The van der Waals surface area contributed by atoms with Crippen molar-refractivity contribution in [2.45, 2.75) is 36.9 Å². The second-order valence-electron chi connectivity index (χ2n) is 3.52. The van der Waals surface area contributed by atoms with Crippen LogP contribution in [0.25, 0.3) is 0 Å². The second-order valence-corrected chi connectivity index (χ2v) is 5.22. The van der Waals surface area contributed by atoms with E-state index in [0.29, 0.717) is 5.84 Å². The number of carbonyl (C=O) groups excluding carboxylic acids is 1. The first kappa shape index (κ1) is 12.6. The molecule has 6 heteroatoms. The molecule has 1 aliphatic heterocycles. The summed E-state index contributed by atoms with van der Waals surface area (Å²) in [7, 11) is 0. The average molecular weight is 253 g/mol. The SMILES string of the molecule is CC(Cl)(Cl)C(=O)ONC1=NCCCCC1. The molecule has 1 aliphatic rings. The van der Waals surface area contributed by atoms with Crippen molar-refractivity contribution >= 4 is 35.0 Å². The predicted molar refractivity (Wildman–Crippen MR) is 60.1 cm³/mol. The number of rotatable bonds is 1. The molecule has 0 saturated heterocycles. The summed E-state index contributed by atoms with van der Waals surface area (Å²) in [6.45, 7) is 2.12. The maximum absolute atomic E-state index is 11.2. The molecule has 1 heterocycles. The van der Waals surface area contributed by atoms with Crippen LogP contribution in [0.5, 0.6) is 0 Å². The van der Waals surface area contributed by atoms with E-state index in [4.69, 9.17) is 28.0 Å². The van der Waals surface area contributed by atoms with Crippen molar-refractivity contribution in [1.82, 2.24) is 5.48 Å². The van der Waals surface area contributed by atoms with Crippen molar-refractivity contribution in [3.8, 4) is 0 Å².